The van der Waals surface area contributed by atoms with Crippen molar-refractivity contribution in [3.8, 4) is 0 Å². The molecule has 1 aromatic heterocycles. The number of anilines is 1. The maximum atomic E-state index is 12.0. The summed E-state index contributed by atoms with van der Waals surface area (Å²) in [7, 11) is 1.76. The molecule has 1 amide bonds. The third-order valence-corrected chi connectivity index (χ3v) is 4.88. The molecule has 116 valence electrons. The summed E-state index contributed by atoms with van der Waals surface area (Å²) in [5.74, 6) is -1.33. The second-order valence-corrected chi connectivity index (χ2v) is 6.41. The van der Waals surface area contributed by atoms with Gasteiger partial charge < -0.3 is 15.3 Å². The minimum Gasteiger partial charge on any atom is -0.481 e. The fourth-order valence-corrected chi connectivity index (χ4v) is 3.61. The fraction of sp³-hybridized carbons (Fsp3) is 0.643. The van der Waals surface area contributed by atoms with Crippen LogP contribution in [0, 0.1) is 0 Å². The predicted molar refractivity (Wildman–Crippen MR) is 81.8 cm³/mol. The Labute approximate surface area is 128 Å². The van der Waals surface area contributed by atoms with Crippen LogP contribution in [0.4, 0.5) is 5.13 Å². The third-order valence-electron chi connectivity index (χ3n) is 3.81. The molecular formula is C14H21N3O3S. The molecule has 1 aliphatic rings. The van der Waals surface area contributed by atoms with Crippen molar-refractivity contribution in [3.63, 3.8) is 0 Å². The molecule has 21 heavy (non-hydrogen) atoms. The molecule has 2 atom stereocenters. The number of carbonyl (C=O) groups is 2. The summed E-state index contributed by atoms with van der Waals surface area (Å²) in [6, 6.07) is -0.370. The van der Waals surface area contributed by atoms with Gasteiger partial charge in [0.25, 0.3) is 0 Å². The second-order valence-electron chi connectivity index (χ2n) is 5.33. The molecule has 0 aliphatic heterocycles. The smallest absolute Gasteiger partial charge is 0.312 e. The van der Waals surface area contributed by atoms with Gasteiger partial charge in [0.15, 0.2) is 5.13 Å². The topological polar surface area (TPSA) is 82.5 Å². The molecule has 0 saturated heterocycles. The van der Waals surface area contributed by atoms with Crippen molar-refractivity contribution in [1.29, 1.82) is 0 Å². The number of carbonyl (C=O) groups excluding carboxylic acids is 1. The Hall–Kier alpha value is -1.63. The van der Waals surface area contributed by atoms with Gasteiger partial charge >= 0.3 is 5.97 Å². The van der Waals surface area contributed by atoms with Crippen LogP contribution >= 0.6 is 11.3 Å². The Morgan fingerprint density at radius 3 is 2.90 bits per heavy atom. The molecule has 1 heterocycles. The molecule has 1 aromatic rings. The lowest BCUT2D eigenvalue weighted by molar-refractivity contribution is -0.139. The van der Waals surface area contributed by atoms with Gasteiger partial charge in [-0.05, 0) is 33.1 Å². The molecule has 7 heteroatoms. The van der Waals surface area contributed by atoms with Crippen LogP contribution in [0.15, 0.2) is 0 Å². The van der Waals surface area contributed by atoms with Gasteiger partial charge in [-0.15, -0.1) is 11.3 Å². The molecule has 0 radical (unpaired) electrons. The Kier molecular flexibility index (Phi) is 4.82. The average molecular weight is 311 g/mol. The number of likely N-dealkylation sites (N-methyl/N-ethyl adjacent to an activating group) is 1. The fourth-order valence-electron chi connectivity index (χ4n) is 2.45. The lowest BCUT2D eigenvalue weighted by Crippen LogP contribution is -2.38. The number of fused-ring (bicyclic) bond motifs is 1. The molecule has 0 bridgehead atoms. The van der Waals surface area contributed by atoms with Gasteiger partial charge in [-0.25, -0.2) is 4.98 Å². The minimum atomic E-state index is -0.817. The molecule has 0 aromatic carbocycles. The number of hydrogen-bond acceptors (Lipinski definition) is 5. The van der Waals surface area contributed by atoms with Gasteiger partial charge in [0.2, 0.25) is 5.91 Å². The number of nitrogens with zero attached hydrogens (tertiary/aromatic N) is 2. The van der Waals surface area contributed by atoms with Crippen LogP contribution in [0.25, 0.3) is 0 Å². The van der Waals surface area contributed by atoms with E-state index in [1.165, 1.54) is 11.3 Å². The van der Waals surface area contributed by atoms with E-state index in [9.17, 15) is 14.7 Å². The van der Waals surface area contributed by atoms with E-state index in [-0.39, 0.29) is 11.9 Å². The summed E-state index contributed by atoms with van der Waals surface area (Å²) in [6.07, 6.45) is 2.38. The number of amides is 1. The molecular weight excluding hydrogens is 290 g/mol. The predicted octanol–water partition coefficient (Wildman–Crippen LogP) is 1.93. The quantitative estimate of drug-likeness (QED) is 0.868. The number of aryl methyl sites for hydroxylation is 1. The van der Waals surface area contributed by atoms with Crippen LogP contribution in [0.2, 0.25) is 0 Å². The van der Waals surface area contributed by atoms with Crippen LogP contribution in [0.5, 0.6) is 0 Å². The lowest BCUT2D eigenvalue weighted by atomic mass is 9.91. The molecule has 2 rings (SSSR count). The average Bonchev–Trinajstić information content (AvgIpc) is 2.87. The first-order chi connectivity index (χ1) is 9.93. The van der Waals surface area contributed by atoms with Crippen molar-refractivity contribution >= 4 is 28.3 Å². The zero-order chi connectivity index (χ0) is 15.6. The van der Waals surface area contributed by atoms with Gasteiger partial charge in [0, 0.05) is 18.5 Å². The number of carboxylic acid groups (broad SMARTS) is 1. The van der Waals surface area contributed by atoms with E-state index >= 15 is 0 Å². The lowest BCUT2D eigenvalue weighted by Gasteiger charge is -2.20. The summed E-state index contributed by atoms with van der Waals surface area (Å²) in [5, 5.41) is 13.0. The van der Waals surface area contributed by atoms with Crippen molar-refractivity contribution < 1.29 is 14.7 Å². The Balaban J connectivity index is 2.12. The number of aromatic nitrogens is 1. The molecule has 0 fully saturated rings. The van der Waals surface area contributed by atoms with E-state index < -0.39 is 11.9 Å². The highest BCUT2D eigenvalue weighted by molar-refractivity contribution is 7.15. The standard InChI is InChI=1S/C14H21N3O3S/c1-4-17(3)12(18)8(2)15-14-16-11-9(13(19)20)6-5-7-10(11)21-14/h8-9H,4-7H2,1-3H3,(H,15,16)(H,19,20). The van der Waals surface area contributed by atoms with Crippen molar-refractivity contribution in [2.45, 2.75) is 45.1 Å². The van der Waals surface area contributed by atoms with Crippen molar-refractivity contribution in [2.75, 3.05) is 18.9 Å². The van der Waals surface area contributed by atoms with Gasteiger partial charge in [-0.1, -0.05) is 0 Å². The summed E-state index contributed by atoms with van der Waals surface area (Å²) in [6.45, 7) is 4.37. The van der Waals surface area contributed by atoms with E-state index in [2.05, 4.69) is 10.3 Å². The highest BCUT2D eigenvalue weighted by Gasteiger charge is 2.30. The van der Waals surface area contributed by atoms with Gasteiger partial charge in [-0.3, -0.25) is 9.59 Å². The van der Waals surface area contributed by atoms with E-state index in [0.29, 0.717) is 23.8 Å². The summed E-state index contributed by atoms with van der Waals surface area (Å²) >= 11 is 1.47. The zero-order valence-electron chi connectivity index (χ0n) is 12.5. The van der Waals surface area contributed by atoms with Crippen LogP contribution in [0.3, 0.4) is 0 Å². The highest BCUT2D eigenvalue weighted by atomic mass is 32.1. The minimum absolute atomic E-state index is 0.000423. The molecule has 2 unspecified atom stereocenters. The summed E-state index contributed by atoms with van der Waals surface area (Å²) < 4.78 is 0. The summed E-state index contributed by atoms with van der Waals surface area (Å²) in [4.78, 5) is 30.4. The van der Waals surface area contributed by atoms with Crippen LogP contribution < -0.4 is 5.32 Å². The molecule has 0 saturated carbocycles. The van der Waals surface area contributed by atoms with Gasteiger partial charge in [-0.2, -0.15) is 0 Å². The summed E-state index contributed by atoms with van der Waals surface area (Å²) in [5.41, 5.74) is 0.671. The monoisotopic (exact) mass is 311 g/mol. The number of carboxylic acids is 1. The number of nitrogens with one attached hydrogen (secondary N) is 1. The second kappa shape index (κ2) is 6.43. The third kappa shape index (κ3) is 3.34. The largest absolute Gasteiger partial charge is 0.481 e. The van der Waals surface area contributed by atoms with Gasteiger partial charge in [0.05, 0.1) is 5.69 Å². The Morgan fingerprint density at radius 2 is 2.29 bits per heavy atom. The SMILES string of the molecule is CCN(C)C(=O)C(C)Nc1nc2c(s1)CCCC2C(=O)O. The number of hydrogen-bond donors (Lipinski definition) is 2. The van der Waals surface area contributed by atoms with Crippen molar-refractivity contribution in [1.82, 2.24) is 9.88 Å². The highest BCUT2D eigenvalue weighted by Crippen LogP contribution is 2.36. The maximum absolute atomic E-state index is 12.0. The molecule has 0 spiro atoms. The van der Waals surface area contributed by atoms with E-state index in [1.807, 2.05) is 6.92 Å². The zero-order valence-corrected chi connectivity index (χ0v) is 13.4. The van der Waals surface area contributed by atoms with Crippen molar-refractivity contribution in [3.05, 3.63) is 10.6 Å². The molecule has 1 aliphatic carbocycles. The van der Waals surface area contributed by atoms with Crippen LogP contribution in [-0.2, 0) is 16.0 Å². The van der Waals surface area contributed by atoms with E-state index in [1.54, 1.807) is 18.9 Å². The Bertz CT molecular complexity index is 544. The molecule has 2 N–H and O–H groups in total. The number of rotatable bonds is 5. The maximum Gasteiger partial charge on any atom is 0.312 e. The number of thiazole rings is 1. The number of aliphatic carboxylic acids is 1. The van der Waals surface area contributed by atoms with Crippen LogP contribution in [0.1, 0.15) is 43.2 Å². The molecule has 6 nitrogen and oxygen atoms in total. The normalized spacial score (nSPS) is 18.7. The first-order valence-electron chi connectivity index (χ1n) is 7.18. The first-order valence-corrected chi connectivity index (χ1v) is 7.99. The van der Waals surface area contributed by atoms with Crippen LogP contribution in [-0.4, -0.2) is 46.5 Å². The Morgan fingerprint density at radius 1 is 1.57 bits per heavy atom. The van der Waals surface area contributed by atoms with Gasteiger partial charge in [0.1, 0.15) is 12.0 Å². The van der Waals surface area contributed by atoms with E-state index in [4.69, 9.17) is 0 Å². The van der Waals surface area contributed by atoms with Crippen molar-refractivity contribution in [2.24, 2.45) is 0 Å². The van der Waals surface area contributed by atoms with E-state index in [0.717, 1.165) is 17.7 Å². The first kappa shape index (κ1) is 15.8.